The topological polar surface area (TPSA) is 87.7 Å². The number of hydrogen-bond acceptors (Lipinski definition) is 6. The molecule has 1 aromatic carbocycles. The van der Waals surface area contributed by atoms with Crippen LogP contribution in [0.15, 0.2) is 33.8 Å². The monoisotopic (exact) mass is 420 g/mol. The number of amides is 1. The van der Waals surface area contributed by atoms with Crippen molar-refractivity contribution in [1.82, 2.24) is 15.0 Å². The third-order valence-electron chi connectivity index (χ3n) is 3.51. The van der Waals surface area contributed by atoms with E-state index >= 15 is 0 Å². The number of benzene rings is 1. The number of aromatic nitrogens is 3. The number of fused-ring (bicyclic) bond motifs is 2. The maximum absolute atomic E-state index is 12.6. The van der Waals surface area contributed by atoms with Crippen molar-refractivity contribution in [1.29, 1.82) is 0 Å². The maximum atomic E-state index is 12.6. The maximum Gasteiger partial charge on any atom is 0.267 e. The Labute approximate surface area is 151 Å². The second-order valence-corrected chi connectivity index (χ2v) is 8.00. The number of nitrogens with one attached hydrogen (secondary N) is 2. The van der Waals surface area contributed by atoms with Crippen molar-refractivity contribution in [3.05, 3.63) is 49.8 Å². The Bertz CT molecular complexity index is 1160. The number of nitrogens with zero attached hydrogens (tertiary/aromatic N) is 2. The van der Waals surface area contributed by atoms with E-state index < -0.39 is 0 Å². The molecule has 4 aromatic rings. The van der Waals surface area contributed by atoms with Gasteiger partial charge in [0.15, 0.2) is 5.13 Å². The molecule has 2 N–H and O–H groups in total. The molecule has 0 radical (unpaired) electrons. The Morgan fingerprint density at radius 1 is 1.33 bits per heavy atom. The largest absolute Gasteiger partial charge is 0.313 e. The molecule has 0 atom stereocenters. The van der Waals surface area contributed by atoms with Crippen LogP contribution in [-0.4, -0.2) is 20.9 Å². The molecule has 0 saturated heterocycles. The Balaban J connectivity index is 1.72. The first-order valence-electron chi connectivity index (χ1n) is 6.87. The van der Waals surface area contributed by atoms with Crippen LogP contribution in [0.25, 0.3) is 20.4 Å². The molecular formula is C15H9BrN4O2S2. The zero-order valence-electron chi connectivity index (χ0n) is 12.2. The van der Waals surface area contributed by atoms with Gasteiger partial charge < -0.3 is 4.98 Å². The van der Waals surface area contributed by atoms with Crippen LogP contribution >= 0.6 is 38.6 Å². The molecule has 4 rings (SSSR count). The van der Waals surface area contributed by atoms with Gasteiger partial charge in [-0.05, 0) is 30.7 Å². The molecule has 3 aromatic heterocycles. The van der Waals surface area contributed by atoms with Gasteiger partial charge in [-0.3, -0.25) is 14.9 Å². The predicted octanol–water partition coefficient (Wildman–Crippen LogP) is 3.92. The molecule has 24 heavy (non-hydrogen) atoms. The second kappa shape index (κ2) is 5.76. The molecule has 9 heteroatoms. The lowest BCUT2D eigenvalue weighted by Gasteiger charge is -1.99. The molecule has 3 heterocycles. The first-order valence-corrected chi connectivity index (χ1v) is 9.30. The van der Waals surface area contributed by atoms with E-state index in [0.717, 1.165) is 14.7 Å². The summed E-state index contributed by atoms with van der Waals surface area (Å²) in [5.41, 5.74) is 1.22. The van der Waals surface area contributed by atoms with Gasteiger partial charge in [0.05, 0.1) is 26.8 Å². The lowest BCUT2D eigenvalue weighted by Crippen LogP contribution is -2.12. The average molecular weight is 421 g/mol. The van der Waals surface area contributed by atoms with E-state index in [1.807, 2.05) is 18.2 Å². The normalized spacial score (nSPS) is 11.2. The molecule has 6 nitrogen and oxygen atoms in total. The highest BCUT2D eigenvalue weighted by molar-refractivity contribution is 9.10. The Morgan fingerprint density at radius 3 is 2.96 bits per heavy atom. The highest BCUT2D eigenvalue weighted by Crippen LogP contribution is 2.31. The van der Waals surface area contributed by atoms with Crippen LogP contribution in [0.1, 0.15) is 15.2 Å². The number of halogens is 1. The molecule has 0 bridgehead atoms. The molecule has 0 aliphatic rings. The fourth-order valence-corrected chi connectivity index (χ4v) is 4.86. The third kappa shape index (κ3) is 2.54. The van der Waals surface area contributed by atoms with E-state index in [2.05, 4.69) is 36.2 Å². The van der Waals surface area contributed by atoms with Crippen molar-refractivity contribution in [2.24, 2.45) is 0 Å². The van der Waals surface area contributed by atoms with Gasteiger partial charge in [0.2, 0.25) is 0 Å². The molecule has 120 valence electrons. The molecule has 0 fully saturated rings. The number of rotatable bonds is 2. The molecule has 1 amide bonds. The summed E-state index contributed by atoms with van der Waals surface area (Å²) < 4.78 is 1.94. The number of H-pyrrole nitrogens is 1. The summed E-state index contributed by atoms with van der Waals surface area (Å²) in [6.07, 6.45) is 1.34. The van der Waals surface area contributed by atoms with Crippen LogP contribution in [0.4, 0.5) is 5.13 Å². The number of thiophene rings is 1. The molecule has 0 saturated carbocycles. The van der Waals surface area contributed by atoms with Gasteiger partial charge in [0.1, 0.15) is 4.83 Å². The van der Waals surface area contributed by atoms with Crippen molar-refractivity contribution in [2.75, 3.05) is 5.32 Å². The number of hydrogen-bond donors (Lipinski definition) is 2. The first-order chi connectivity index (χ1) is 11.5. The summed E-state index contributed by atoms with van der Waals surface area (Å²) in [5.74, 6) is -0.284. The predicted molar refractivity (Wildman–Crippen MR) is 100 cm³/mol. The van der Waals surface area contributed by atoms with E-state index in [0.29, 0.717) is 25.8 Å². The zero-order valence-corrected chi connectivity index (χ0v) is 15.4. The fraction of sp³-hybridized carbons (Fsp3) is 0.0667. The van der Waals surface area contributed by atoms with Crippen LogP contribution < -0.4 is 10.9 Å². The summed E-state index contributed by atoms with van der Waals surface area (Å²) in [7, 11) is 0. The second-order valence-electron chi connectivity index (χ2n) is 5.05. The lowest BCUT2D eigenvalue weighted by molar-refractivity contribution is 0.103. The fourth-order valence-electron chi connectivity index (χ4n) is 2.40. The highest BCUT2D eigenvalue weighted by Gasteiger charge is 2.19. The van der Waals surface area contributed by atoms with Crippen LogP contribution in [0.5, 0.6) is 0 Å². The number of thiazole rings is 1. The van der Waals surface area contributed by atoms with Crippen LogP contribution in [-0.2, 0) is 0 Å². The van der Waals surface area contributed by atoms with Crippen molar-refractivity contribution in [3.63, 3.8) is 0 Å². The summed E-state index contributed by atoms with van der Waals surface area (Å²) in [4.78, 5) is 36.6. The number of carbonyl (C=O) groups is 1. The minimum atomic E-state index is -0.284. The third-order valence-corrected chi connectivity index (χ3v) is 6.14. The number of aromatic amines is 1. The molecule has 0 aliphatic carbocycles. The first kappa shape index (κ1) is 15.4. The number of anilines is 1. The molecule has 0 aliphatic heterocycles. The van der Waals surface area contributed by atoms with Crippen molar-refractivity contribution in [2.45, 2.75) is 6.92 Å². The molecule has 0 unspecified atom stereocenters. The number of aryl methyl sites for hydroxylation is 1. The van der Waals surface area contributed by atoms with E-state index in [1.165, 1.54) is 29.0 Å². The van der Waals surface area contributed by atoms with Gasteiger partial charge in [-0.2, -0.15) is 0 Å². The summed E-state index contributed by atoms with van der Waals surface area (Å²) in [6, 6.07) is 5.75. The van der Waals surface area contributed by atoms with Gasteiger partial charge in [0, 0.05) is 4.47 Å². The number of carbonyl (C=O) groups excluding carboxylic acids is 1. The van der Waals surface area contributed by atoms with E-state index in [9.17, 15) is 9.59 Å². The quantitative estimate of drug-likeness (QED) is 0.514. The Hall–Kier alpha value is -2.10. The van der Waals surface area contributed by atoms with E-state index in [-0.39, 0.29) is 11.5 Å². The Morgan fingerprint density at radius 2 is 2.17 bits per heavy atom. The van der Waals surface area contributed by atoms with Crippen molar-refractivity contribution in [3.8, 4) is 0 Å². The van der Waals surface area contributed by atoms with Crippen molar-refractivity contribution < 1.29 is 4.79 Å². The standard InChI is InChI=1S/C15H9BrN4O2S2/c1-6-10-12(21)17-5-18-14(10)24-11(6)13(22)20-15-19-8-3-2-7(16)4-9(8)23-15/h2-5H,1H3,(H,17,18,21)(H,19,20,22). The highest BCUT2D eigenvalue weighted by atomic mass is 79.9. The van der Waals surface area contributed by atoms with Gasteiger partial charge >= 0.3 is 0 Å². The van der Waals surface area contributed by atoms with Crippen molar-refractivity contribution >= 4 is 70.1 Å². The SMILES string of the molecule is Cc1c(C(=O)Nc2nc3ccc(Br)cc3s2)sc2nc[nH]c(=O)c12. The summed E-state index contributed by atoms with van der Waals surface area (Å²) >= 11 is 6.02. The molecule has 0 spiro atoms. The summed E-state index contributed by atoms with van der Waals surface area (Å²) in [6.45, 7) is 1.75. The Kier molecular flexibility index (Phi) is 3.70. The molecular weight excluding hydrogens is 412 g/mol. The zero-order chi connectivity index (χ0) is 16.8. The minimum Gasteiger partial charge on any atom is -0.313 e. The smallest absolute Gasteiger partial charge is 0.267 e. The van der Waals surface area contributed by atoms with E-state index in [4.69, 9.17) is 0 Å². The summed E-state index contributed by atoms with van der Waals surface area (Å²) in [5, 5.41) is 3.79. The van der Waals surface area contributed by atoms with Gasteiger partial charge in [-0.25, -0.2) is 9.97 Å². The van der Waals surface area contributed by atoms with Crippen LogP contribution in [0, 0.1) is 6.92 Å². The lowest BCUT2D eigenvalue weighted by atomic mass is 10.2. The van der Waals surface area contributed by atoms with Crippen LogP contribution in [0.3, 0.4) is 0 Å². The van der Waals surface area contributed by atoms with E-state index in [1.54, 1.807) is 6.92 Å². The van der Waals surface area contributed by atoms with Gasteiger partial charge in [-0.1, -0.05) is 27.3 Å². The van der Waals surface area contributed by atoms with Gasteiger partial charge in [0.25, 0.3) is 11.5 Å². The average Bonchev–Trinajstić information content (AvgIpc) is 3.08. The minimum absolute atomic E-state index is 0.238. The van der Waals surface area contributed by atoms with Gasteiger partial charge in [-0.15, -0.1) is 11.3 Å². The van der Waals surface area contributed by atoms with Crippen LogP contribution in [0.2, 0.25) is 0 Å².